The zero-order valence-electron chi connectivity index (χ0n) is 14.0. The summed E-state index contributed by atoms with van der Waals surface area (Å²) in [6.45, 7) is 2.44. The van der Waals surface area contributed by atoms with Gasteiger partial charge in [0, 0.05) is 12.6 Å². The van der Waals surface area contributed by atoms with Gasteiger partial charge < -0.3 is 15.2 Å². The summed E-state index contributed by atoms with van der Waals surface area (Å²) in [4.78, 5) is 13.8. The number of hydrogen-bond donors (Lipinski definition) is 1. The lowest BCUT2D eigenvalue weighted by Crippen LogP contribution is -2.27. The van der Waals surface area contributed by atoms with Gasteiger partial charge in [-0.05, 0) is 19.1 Å². The largest absolute Gasteiger partial charge is 0.467 e. The number of carbonyl (C=O) groups excluding carboxylic acids is 1. The van der Waals surface area contributed by atoms with Gasteiger partial charge in [0.1, 0.15) is 5.76 Å². The van der Waals surface area contributed by atoms with Gasteiger partial charge >= 0.3 is 0 Å². The number of nitrogen functional groups attached to an aromatic ring is 1. The number of carbonyl (C=O) groups is 1. The molecule has 8 heteroatoms. The van der Waals surface area contributed by atoms with Crippen molar-refractivity contribution in [3.05, 3.63) is 54.0 Å². The monoisotopic (exact) mass is 357 g/mol. The van der Waals surface area contributed by atoms with Crippen LogP contribution in [-0.4, -0.2) is 38.5 Å². The fourth-order valence-corrected chi connectivity index (χ4v) is 3.03. The van der Waals surface area contributed by atoms with Crippen LogP contribution in [0.4, 0.5) is 0 Å². The van der Waals surface area contributed by atoms with Gasteiger partial charge in [-0.15, -0.1) is 10.2 Å². The highest BCUT2D eigenvalue weighted by Crippen LogP contribution is 2.22. The van der Waals surface area contributed by atoms with E-state index in [1.165, 1.54) is 16.4 Å². The minimum atomic E-state index is -0.0405. The minimum Gasteiger partial charge on any atom is -0.467 e. The molecular formula is C17H19N5O2S. The molecule has 0 fully saturated rings. The summed E-state index contributed by atoms with van der Waals surface area (Å²) in [5, 5.41) is 8.71. The van der Waals surface area contributed by atoms with Gasteiger partial charge in [-0.2, -0.15) is 0 Å². The van der Waals surface area contributed by atoms with Crippen molar-refractivity contribution in [2.75, 3.05) is 18.6 Å². The molecular weight excluding hydrogens is 338 g/mol. The minimum absolute atomic E-state index is 0.0405. The van der Waals surface area contributed by atoms with Crippen LogP contribution in [0.2, 0.25) is 0 Å². The zero-order chi connectivity index (χ0) is 17.8. The molecule has 2 heterocycles. The Balaban J connectivity index is 1.62. The number of furan rings is 1. The van der Waals surface area contributed by atoms with Crippen LogP contribution in [0.15, 0.2) is 52.2 Å². The van der Waals surface area contributed by atoms with Crippen LogP contribution in [-0.2, 0) is 11.3 Å². The first-order chi connectivity index (χ1) is 12.0. The summed E-state index contributed by atoms with van der Waals surface area (Å²) in [6.07, 6.45) is 1.59. The second-order valence-electron chi connectivity index (χ2n) is 5.66. The molecule has 0 aliphatic carbocycles. The van der Waals surface area contributed by atoms with Crippen molar-refractivity contribution < 1.29 is 9.21 Å². The maximum atomic E-state index is 12.2. The Bertz CT molecular complexity index is 843. The topological polar surface area (TPSA) is 90.2 Å². The van der Waals surface area contributed by atoms with Crippen LogP contribution in [0.25, 0.3) is 11.4 Å². The molecule has 0 spiro atoms. The van der Waals surface area contributed by atoms with E-state index in [9.17, 15) is 4.79 Å². The SMILES string of the molecule is Cc1ccc(-c2nnc(SCC(=O)N(C)Cc3ccco3)n2N)cc1. The molecule has 0 saturated carbocycles. The second kappa shape index (κ2) is 7.43. The highest BCUT2D eigenvalue weighted by atomic mass is 32.2. The van der Waals surface area contributed by atoms with E-state index < -0.39 is 0 Å². The number of nitrogens with zero attached hydrogens (tertiary/aromatic N) is 4. The van der Waals surface area contributed by atoms with Gasteiger partial charge in [0.05, 0.1) is 18.6 Å². The molecule has 0 aliphatic heterocycles. The van der Waals surface area contributed by atoms with Crippen molar-refractivity contribution in [3.8, 4) is 11.4 Å². The van der Waals surface area contributed by atoms with Crippen LogP contribution in [0.1, 0.15) is 11.3 Å². The summed E-state index contributed by atoms with van der Waals surface area (Å²) >= 11 is 1.26. The fraction of sp³-hybridized carbons (Fsp3) is 0.235. The zero-order valence-corrected chi connectivity index (χ0v) is 14.9. The Hall–Kier alpha value is -2.74. The average molecular weight is 357 g/mol. The molecule has 0 aliphatic rings. The summed E-state index contributed by atoms with van der Waals surface area (Å²) in [5.41, 5.74) is 2.04. The van der Waals surface area contributed by atoms with Gasteiger partial charge in [-0.25, -0.2) is 4.68 Å². The molecule has 130 valence electrons. The number of benzene rings is 1. The molecule has 2 aromatic heterocycles. The van der Waals surface area contributed by atoms with Crippen molar-refractivity contribution in [2.24, 2.45) is 0 Å². The first-order valence-electron chi connectivity index (χ1n) is 7.71. The lowest BCUT2D eigenvalue weighted by atomic mass is 10.1. The number of rotatable bonds is 6. The van der Waals surface area contributed by atoms with E-state index in [2.05, 4.69) is 10.2 Å². The van der Waals surface area contributed by atoms with Gasteiger partial charge in [-0.1, -0.05) is 41.6 Å². The maximum absolute atomic E-state index is 12.2. The molecule has 0 bridgehead atoms. The van der Waals surface area contributed by atoms with E-state index in [0.29, 0.717) is 17.5 Å². The highest BCUT2D eigenvalue weighted by molar-refractivity contribution is 7.99. The molecule has 0 unspecified atom stereocenters. The second-order valence-corrected chi connectivity index (χ2v) is 6.60. The van der Waals surface area contributed by atoms with E-state index >= 15 is 0 Å². The number of thioether (sulfide) groups is 1. The third-order valence-corrected chi connectivity index (χ3v) is 4.63. The number of hydrogen-bond acceptors (Lipinski definition) is 6. The predicted octanol–water partition coefficient (Wildman–Crippen LogP) is 2.31. The normalized spacial score (nSPS) is 10.8. The number of nitrogens with two attached hydrogens (primary N) is 1. The molecule has 2 N–H and O–H groups in total. The highest BCUT2D eigenvalue weighted by Gasteiger charge is 2.16. The molecule has 25 heavy (non-hydrogen) atoms. The Morgan fingerprint density at radius 1 is 1.28 bits per heavy atom. The molecule has 3 rings (SSSR count). The smallest absolute Gasteiger partial charge is 0.233 e. The fourth-order valence-electron chi connectivity index (χ4n) is 2.24. The molecule has 0 radical (unpaired) electrons. The summed E-state index contributed by atoms with van der Waals surface area (Å²) in [5.74, 6) is 7.57. The Morgan fingerprint density at radius 2 is 2.04 bits per heavy atom. The van der Waals surface area contributed by atoms with E-state index in [-0.39, 0.29) is 11.7 Å². The summed E-state index contributed by atoms with van der Waals surface area (Å²) in [6, 6.07) is 11.5. The molecule has 0 atom stereocenters. The summed E-state index contributed by atoms with van der Waals surface area (Å²) in [7, 11) is 1.73. The first kappa shape index (κ1) is 17.1. The average Bonchev–Trinajstić information content (AvgIpc) is 3.23. The van der Waals surface area contributed by atoms with Crippen LogP contribution in [0.5, 0.6) is 0 Å². The van der Waals surface area contributed by atoms with E-state index in [0.717, 1.165) is 16.9 Å². The standard InChI is InChI=1S/C17H19N5O2S/c1-12-5-7-13(8-6-12)16-19-20-17(22(16)18)25-11-15(23)21(2)10-14-4-3-9-24-14/h3-9H,10-11,18H2,1-2H3. The number of amides is 1. The molecule has 7 nitrogen and oxygen atoms in total. The van der Waals surface area contributed by atoms with Crippen molar-refractivity contribution in [1.82, 2.24) is 19.8 Å². The Morgan fingerprint density at radius 3 is 2.72 bits per heavy atom. The first-order valence-corrected chi connectivity index (χ1v) is 8.70. The van der Waals surface area contributed by atoms with Gasteiger partial charge in [0.2, 0.25) is 11.1 Å². The Labute approximate surface area is 149 Å². The molecule has 1 aromatic carbocycles. The van der Waals surface area contributed by atoms with Crippen LogP contribution in [0, 0.1) is 6.92 Å². The predicted molar refractivity (Wildman–Crippen MR) is 96.3 cm³/mol. The van der Waals surface area contributed by atoms with E-state index in [4.69, 9.17) is 10.3 Å². The van der Waals surface area contributed by atoms with Crippen LogP contribution < -0.4 is 5.84 Å². The summed E-state index contributed by atoms with van der Waals surface area (Å²) < 4.78 is 6.66. The third-order valence-electron chi connectivity index (χ3n) is 3.70. The van der Waals surface area contributed by atoms with E-state index in [1.807, 2.05) is 37.3 Å². The molecule has 1 amide bonds. The third kappa shape index (κ3) is 4.03. The van der Waals surface area contributed by atoms with Crippen molar-refractivity contribution in [3.63, 3.8) is 0 Å². The molecule has 3 aromatic rings. The Kier molecular flexibility index (Phi) is 5.08. The van der Waals surface area contributed by atoms with Gasteiger partial charge in [-0.3, -0.25) is 4.79 Å². The van der Waals surface area contributed by atoms with Crippen molar-refractivity contribution in [1.29, 1.82) is 0 Å². The van der Waals surface area contributed by atoms with Gasteiger partial charge in [0.25, 0.3) is 0 Å². The van der Waals surface area contributed by atoms with E-state index in [1.54, 1.807) is 24.3 Å². The number of aryl methyl sites for hydroxylation is 1. The van der Waals surface area contributed by atoms with Crippen LogP contribution in [0.3, 0.4) is 0 Å². The van der Waals surface area contributed by atoms with Gasteiger partial charge in [0.15, 0.2) is 5.82 Å². The van der Waals surface area contributed by atoms with Crippen LogP contribution >= 0.6 is 11.8 Å². The lowest BCUT2D eigenvalue weighted by Gasteiger charge is -2.15. The maximum Gasteiger partial charge on any atom is 0.233 e. The van der Waals surface area contributed by atoms with Crippen molar-refractivity contribution >= 4 is 17.7 Å². The number of aromatic nitrogens is 3. The lowest BCUT2D eigenvalue weighted by molar-refractivity contribution is -0.127. The van der Waals surface area contributed by atoms with Crippen molar-refractivity contribution in [2.45, 2.75) is 18.6 Å². The molecule has 0 saturated heterocycles. The quantitative estimate of drug-likeness (QED) is 0.538.